The van der Waals surface area contributed by atoms with Gasteiger partial charge in [-0.05, 0) is 161 Å². The molecule has 0 fully saturated rings. The summed E-state index contributed by atoms with van der Waals surface area (Å²) in [5.41, 5.74) is 0. The number of aliphatic hydroxyl groups is 1. The molecule has 0 aromatic rings. The topological polar surface area (TPSA) is 237 Å². The molecular weight excluding hydrogens is 1330 g/mol. The van der Waals surface area contributed by atoms with Crippen molar-refractivity contribution in [2.75, 3.05) is 39.6 Å². The smallest absolute Gasteiger partial charge is 0.462 e. The molecule has 5 unspecified atom stereocenters. The summed E-state index contributed by atoms with van der Waals surface area (Å²) in [5, 5.41) is 10.6. The van der Waals surface area contributed by atoms with E-state index in [0.29, 0.717) is 25.7 Å². The molecule has 0 aromatic carbocycles. The molecule has 0 radical (unpaired) electrons. The average molecular weight is 1470 g/mol. The number of carbonyl (C=O) groups excluding carboxylic acids is 4. The van der Waals surface area contributed by atoms with E-state index >= 15 is 0 Å². The Bertz CT molecular complexity index is 2510. The first-order valence-corrected chi connectivity index (χ1v) is 42.1. The van der Waals surface area contributed by atoms with Gasteiger partial charge in [0.2, 0.25) is 0 Å². The molecule has 0 bridgehead atoms. The Hall–Kier alpha value is -5.06. The van der Waals surface area contributed by atoms with Crippen molar-refractivity contribution in [2.45, 2.75) is 316 Å². The van der Waals surface area contributed by atoms with Gasteiger partial charge in [0.15, 0.2) is 12.2 Å². The molecule has 102 heavy (non-hydrogen) atoms. The van der Waals surface area contributed by atoms with E-state index in [9.17, 15) is 43.2 Å². The van der Waals surface area contributed by atoms with Crippen LogP contribution in [0.15, 0.2) is 146 Å². The lowest BCUT2D eigenvalue weighted by molar-refractivity contribution is -0.161. The Morgan fingerprint density at radius 2 is 0.529 bits per heavy atom. The van der Waals surface area contributed by atoms with Crippen LogP contribution in [0.1, 0.15) is 297 Å². The highest BCUT2D eigenvalue weighted by Crippen LogP contribution is 2.45. The molecule has 19 heteroatoms. The second-order valence-electron chi connectivity index (χ2n) is 25.5. The Balaban J connectivity index is 5.40. The van der Waals surface area contributed by atoms with Gasteiger partial charge >= 0.3 is 39.5 Å². The van der Waals surface area contributed by atoms with E-state index in [1.54, 1.807) is 0 Å². The fourth-order valence-electron chi connectivity index (χ4n) is 9.86. The maximum Gasteiger partial charge on any atom is 0.472 e. The monoisotopic (exact) mass is 1470 g/mol. The van der Waals surface area contributed by atoms with E-state index in [0.717, 1.165) is 193 Å². The summed E-state index contributed by atoms with van der Waals surface area (Å²) < 4.78 is 68.5. The van der Waals surface area contributed by atoms with Crippen LogP contribution >= 0.6 is 15.6 Å². The third-order valence-corrected chi connectivity index (χ3v) is 17.7. The van der Waals surface area contributed by atoms with Gasteiger partial charge in [0.05, 0.1) is 26.4 Å². The number of carbonyl (C=O) groups is 4. The molecule has 0 saturated heterocycles. The van der Waals surface area contributed by atoms with Gasteiger partial charge in [-0.25, -0.2) is 9.13 Å². The van der Waals surface area contributed by atoms with Gasteiger partial charge in [-0.2, -0.15) is 0 Å². The van der Waals surface area contributed by atoms with Crippen LogP contribution in [-0.4, -0.2) is 96.7 Å². The summed E-state index contributed by atoms with van der Waals surface area (Å²) >= 11 is 0. The number of aliphatic hydroxyl groups excluding tert-OH is 1. The van der Waals surface area contributed by atoms with Crippen LogP contribution in [0.25, 0.3) is 0 Å². The Labute approximate surface area is 617 Å². The third kappa shape index (κ3) is 73.3. The lowest BCUT2D eigenvalue weighted by Crippen LogP contribution is -2.30. The first kappa shape index (κ1) is 96.9. The number of phosphoric acid groups is 2. The van der Waals surface area contributed by atoms with E-state index in [1.807, 2.05) is 0 Å². The van der Waals surface area contributed by atoms with Gasteiger partial charge in [0.1, 0.15) is 19.3 Å². The van der Waals surface area contributed by atoms with E-state index in [2.05, 4.69) is 174 Å². The Morgan fingerprint density at radius 1 is 0.284 bits per heavy atom. The fraction of sp³-hybridized carbons (Fsp3) is 0.663. The van der Waals surface area contributed by atoms with Crippen molar-refractivity contribution >= 4 is 39.5 Å². The normalized spacial score (nSPS) is 14.7. The second kappa shape index (κ2) is 74.2. The molecule has 0 aliphatic carbocycles. The van der Waals surface area contributed by atoms with Gasteiger partial charge < -0.3 is 33.8 Å². The largest absolute Gasteiger partial charge is 0.472 e. The van der Waals surface area contributed by atoms with Gasteiger partial charge in [-0.15, -0.1) is 0 Å². The van der Waals surface area contributed by atoms with Crippen molar-refractivity contribution in [1.82, 2.24) is 0 Å². The summed E-state index contributed by atoms with van der Waals surface area (Å²) in [6, 6.07) is 0. The van der Waals surface area contributed by atoms with E-state index < -0.39 is 97.5 Å². The molecular formula is C83H138O17P2. The number of hydrogen-bond acceptors (Lipinski definition) is 15. The van der Waals surface area contributed by atoms with E-state index in [4.69, 9.17) is 37.0 Å². The number of rotatable bonds is 72. The van der Waals surface area contributed by atoms with Gasteiger partial charge in [-0.1, -0.05) is 257 Å². The average Bonchev–Trinajstić information content (AvgIpc) is 0.909. The van der Waals surface area contributed by atoms with Crippen molar-refractivity contribution in [1.29, 1.82) is 0 Å². The number of allylic oxidation sites excluding steroid dienone is 24. The number of ether oxygens (including phenoxy) is 4. The highest BCUT2D eigenvalue weighted by Gasteiger charge is 2.30. The summed E-state index contributed by atoms with van der Waals surface area (Å²) in [5.74, 6) is -2.27. The third-order valence-electron chi connectivity index (χ3n) is 15.7. The van der Waals surface area contributed by atoms with Crippen LogP contribution < -0.4 is 0 Å². The standard InChI is InChI=1S/C83H138O17P2/c1-5-9-13-17-21-25-29-33-35-37-38-40-42-46-48-52-56-60-64-68-81(86)94-74-79(100-83(88)70-66-62-58-54-50-44-32-28-24-20-16-12-8-4)76-98-102(91,92)96-72-77(84)71-95-101(89,90)97-75-78(99-82(87)69-65-61-57-53-49-43-31-27-23-19-15-11-7-3)73-93-80(85)67-63-59-55-51-47-45-41-39-36-34-30-26-22-18-14-10-6-2/h9-10,13-15,19,21-22,25-28,31-36,38,40-41,45-46,48,77-79,84H,5-8,11-12,16-18,20,23-24,29-30,37,39,42-44,47,49-76H2,1-4H3,(H,89,90)(H,91,92)/b13-9-,14-10-,19-15-,25-21-,26-22-,31-27-,32-28-,35-33-,36-34-,40-38-,45-41-,48-46-. The van der Waals surface area contributed by atoms with Crippen molar-refractivity contribution in [2.24, 2.45) is 0 Å². The summed E-state index contributed by atoms with van der Waals surface area (Å²) in [6.45, 7) is 4.47. The van der Waals surface area contributed by atoms with E-state index in [-0.39, 0.29) is 25.7 Å². The highest BCUT2D eigenvalue weighted by molar-refractivity contribution is 7.47. The van der Waals surface area contributed by atoms with Crippen molar-refractivity contribution in [3.63, 3.8) is 0 Å². The molecule has 0 amide bonds. The lowest BCUT2D eigenvalue weighted by atomic mass is 10.1. The molecule has 0 spiro atoms. The molecule has 0 saturated carbocycles. The molecule has 3 N–H and O–H groups in total. The summed E-state index contributed by atoms with van der Waals surface area (Å²) in [4.78, 5) is 72.9. The zero-order valence-electron chi connectivity index (χ0n) is 63.5. The van der Waals surface area contributed by atoms with Crippen LogP contribution in [0, 0.1) is 0 Å². The molecule has 17 nitrogen and oxygen atoms in total. The quantitative estimate of drug-likeness (QED) is 0.0169. The van der Waals surface area contributed by atoms with Crippen LogP contribution in [0.4, 0.5) is 0 Å². The summed E-state index contributed by atoms with van der Waals surface area (Å²) in [6.07, 6.45) is 84.0. The maximum atomic E-state index is 13.1. The zero-order chi connectivity index (χ0) is 74.6. The molecule has 0 aliphatic rings. The fourth-order valence-corrected chi connectivity index (χ4v) is 11.4. The number of hydrogen-bond donors (Lipinski definition) is 3. The van der Waals surface area contributed by atoms with Crippen molar-refractivity contribution in [3.8, 4) is 0 Å². The molecule has 0 heterocycles. The molecule has 0 aliphatic heterocycles. The summed E-state index contributed by atoms with van der Waals surface area (Å²) in [7, 11) is -9.98. The second-order valence-corrected chi connectivity index (χ2v) is 28.4. The maximum absolute atomic E-state index is 13.1. The zero-order valence-corrected chi connectivity index (χ0v) is 65.3. The minimum absolute atomic E-state index is 0.0684. The van der Waals surface area contributed by atoms with Crippen LogP contribution in [0.5, 0.6) is 0 Å². The molecule has 582 valence electrons. The first-order valence-electron chi connectivity index (χ1n) is 39.1. The van der Waals surface area contributed by atoms with Crippen molar-refractivity contribution < 1.29 is 80.2 Å². The number of phosphoric ester groups is 2. The van der Waals surface area contributed by atoms with Crippen LogP contribution in [-0.2, 0) is 65.4 Å². The van der Waals surface area contributed by atoms with E-state index in [1.165, 1.54) is 25.7 Å². The van der Waals surface area contributed by atoms with Gasteiger partial charge in [0.25, 0.3) is 0 Å². The first-order chi connectivity index (χ1) is 49.7. The van der Waals surface area contributed by atoms with Gasteiger partial charge in [-0.3, -0.25) is 37.3 Å². The Kier molecular flexibility index (Phi) is 70.5. The minimum Gasteiger partial charge on any atom is -0.462 e. The lowest BCUT2D eigenvalue weighted by Gasteiger charge is -2.21. The van der Waals surface area contributed by atoms with Crippen molar-refractivity contribution in [3.05, 3.63) is 146 Å². The highest BCUT2D eigenvalue weighted by atomic mass is 31.2. The van der Waals surface area contributed by atoms with Gasteiger partial charge in [0, 0.05) is 25.7 Å². The Morgan fingerprint density at radius 3 is 0.843 bits per heavy atom. The minimum atomic E-state index is -4.99. The predicted molar refractivity (Wildman–Crippen MR) is 417 cm³/mol. The van der Waals surface area contributed by atoms with Crippen LogP contribution in [0.3, 0.4) is 0 Å². The van der Waals surface area contributed by atoms with Crippen LogP contribution in [0.2, 0.25) is 0 Å². The molecule has 0 aromatic heterocycles. The molecule has 5 atom stereocenters. The number of esters is 4. The molecule has 0 rings (SSSR count). The predicted octanol–water partition coefficient (Wildman–Crippen LogP) is 22.7. The number of unbranched alkanes of at least 4 members (excludes halogenated alkanes) is 22. The SMILES string of the molecule is CC/C=C\C/C=C\C/C=C\C/C=C\C/C=C\CCCCCC(=O)OCC(COP(=O)(O)OCC(O)COP(=O)(O)OCC(COC(=O)CCCCCC/C=C\C/C=C\C/C=C\C/C=C\CC)OC(=O)CCCCCCC/C=C\C/C=C\CCC)OC(=O)CCCCCCC/C=C\CCCCCC.